The van der Waals surface area contributed by atoms with Crippen LogP contribution in [0.4, 0.5) is 5.69 Å². The van der Waals surface area contributed by atoms with Crippen LogP contribution in [0.1, 0.15) is 10.4 Å². The Morgan fingerprint density at radius 3 is 2.37 bits per heavy atom. The molecule has 1 heterocycles. The van der Waals surface area contributed by atoms with E-state index in [1.165, 1.54) is 33.5 Å². The molecule has 0 unspecified atom stereocenters. The smallest absolute Gasteiger partial charge is 0.283 e. The Morgan fingerprint density at radius 2 is 1.73 bits per heavy atom. The fourth-order valence-electron chi connectivity index (χ4n) is 2.83. The maximum atomic E-state index is 12.4. The Kier molecular flexibility index (Phi) is 6.16. The van der Waals surface area contributed by atoms with Crippen LogP contribution >= 0.6 is 0 Å². The normalized spacial score (nSPS) is 10.9. The van der Waals surface area contributed by atoms with Gasteiger partial charge in [-0.2, -0.15) is 0 Å². The van der Waals surface area contributed by atoms with Gasteiger partial charge in [0.1, 0.15) is 6.54 Å². The topological polar surface area (TPSA) is 135 Å². The van der Waals surface area contributed by atoms with Gasteiger partial charge in [-0.05, 0) is 18.2 Å². The maximum absolute atomic E-state index is 12.4. The quantitative estimate of drug-likeness (QED) is 0.511. The highest BCUT2D eigenvalue weighted by atomic mass is 16.5. The number of H-pyrrole nitrogens is 1. The number of nitrogens with one attached hydrogen (secondary N) is 2. The molecule has 0 fully saturated rings. The Labute approximate surface area is 171 Å². The number of carbonyl (C=O) groups is 2. The van der Waals surface area contributed by atoms with E-state index in [2.05, 4.69) is 20.5 Å². The van der Waals surface area contributed by atoms with Gasteiger partial charge in [-0.1, -0.05) is 18.2 Å². The zero-order valence-electron chi connectivity index (χ0n) is 16.6. The van der Waals surface area contributed by atoms with Crippen molar-refractivity contribution in [2.24, 2.45) is 10.2 Å². The third-order valence-electron chi connectivity index (χ3n) is 4.25. The highest BCUT2D eigenvalue weighted by molar-refractivity contribution is 5.98. The number of nitrogens with zero attached hydrogens (tertiary/aromatic N) is 2. The molecule has 0 saturated heterocycles. The Balaban J connectivity index is 1.69. The molecule has 0 aliphatic carbocycles. The van der Waals surface area contributed by atoms with Crippen LogP contribution in [0.2, 0.25) is 0 Å². The molecule has 0 aliphatic heterocycles. The zero-order chi connectivity index (χ0) is 21.7. The number of hydrogen-bond donors (Lipinski definition) is 3. The number of amides is 2. The van der Waals surface area contributed by atoms with Crippen molar-refractivity contribution < 1.29 is 28.9 Å². The molecule has 3 rings (SSSR count). The summed E-state index contributed by atoms with van der Waals surface area (Å²) in [6.45, 7) is -0.387. The lowest BCUT2D eigenvalue weighted by molar-refractivity contribution is -0.117. The van der Waals surface area contributed by atoms with Gasteiger partial charge in [0, 0.05) is 10.9 Å². The highest BCUT2D eigenvalue weighted by Crippen LogP contribution is 2.38. The van der Waals surface area contributed by atoms with Crippen LogP contribution in [0.3, 0.4) is 0 Å². The number of methoxy groups -OCH3 is 3. The first-order valence-electron chi connectivity index (χ1n) is 8.81. The van der Waals surface area contributed by atoms with Gasteiger partial charge in [0.05, 0.1) is 26.8 Å². The predicted octanol–water partition coefficient (Wildman–Crippen LogP) is 2.94. The van der Waals surface area contributed by atoms with Gasteiger partial charge >= 0.3 is 0 Å². The lowest BCUT2D eigenvalue weighted by Gasteiger charge is -2.13. The van der Waals surface area contributed by atoms with Crippen LogP contribution in [0.5, 0.6) is 23.1 Å². The standard InChI is InChI=1S/C20H20N4O6/c1-28-14-8-11(9-15(29-2)18(14)30-3)19(26)21-10-16(25)23-24-17-12-6-4-5-7-13(12)22-20(17)27/h4-9,22,27H,10H2,1-3H3,(H,21,26). The number of carbonyl (C=O) groups excluding carboxylic acids is 2. The van der Waals surface area contributed by atoms with Gasteiger partial charge in [0.2, 0.25) is 11.6 Å². The average Bonchev–Trinajstić information content (AvgIpc) is 3.09. The maximum Gasteiger partial charge on any atom is 0.283 e. The van der Waals surface area contributed by atoms with Crippen molar-refractivity contribution in [3.63, 3.8) is 0 Å². The number of aromatic nitrogens is 1. The second-order valence-corrected chi connectivity index (χ2v) is 6.06. The van der Waals surface area contributed by atoms with Crippen molar-refractivity contribution >= 4 is 28.4 Å². The molecule has 156 valence electrons. The number of para-hydroxylation sites is 1. The summed E-state index contributed by atoms with van der Waals surface area (Å²) in [5, 5.41) is 20.4. The molecule has 1 aromatic heterocycles. The van der Waals surface area contributed by atoms with E-state index >= 15 is 0 Å². The molecule has 30 heavy (non-hydrogen) atoms. The molecular formula is C20H20N4O6. The summed E-state index contributed by atoms with van der Waals surface area (Å²) < 4.78 is 15.6. The van der Waals surface area contributed by atoms with E-state index < -0.39 is 11.8 Å². The summed E-state index contributed by atoms with van der Waals surface area (Å²) in [5.74, 6) is -0.465. The first-order chi connectivity index (χ1) is 14.5. The van der Waals surface area contributed by atoms with Gasteiger partial charge < -0.3 is 29.6 Å². The van der Waals surface area contributed by atoms with Gasteiger partial charge in [0.15, 0.2) is 17.2 Å². The molecule has 10 heteroatoms. The van der Waals surface area contributed by atoms with Crippen LogP contribution < -0.4 is 19.5 Å². The van der Waals surface area contributed by atoms with Crippen LogP contribution in [0.25, 0.3) is 10.9 Å². The molecule has 0 radical (unpaired) electrons. The fourth-order valence-corrected chi connectivity index (χ4v) is 2.83. The van der Waals surface area contributed by atoms with Crippen molar-refractivity contribution in [2.45, 2.75) is 0 Å². The lowest BCUT2D eigenvalue weighted by Crippen LogP contribution is -2.28. The van der Waals surface area contributed by atoms with Gasteiger partial charge in [0.25, 0.3) is 11.8 Å². The Bertz CT molecular complexity index is 1100. The molecule has 2 aromatic carbocycles. The van der Waals surface area contributed by atoms with E-state index in [1.807, 2.05) is 0 Å². The third kappa shape index (κ3) is 4.17. The first-order valence-corrected chi connectivity index (χ1v) is 8.81. The van der Waals surface area contributed by atoms with E-state index in [9.17, 15) is 14.7 Å². The van der Waals surface area contributed by atoms with E-state index in [0.29, 0.717) is 28.2 Å². The summed E-state index contributed by atoms with van der Waals surface area (Å²) in [6.07, 6.45) is 0. The number of fused-ring (bicyclic) bond motifs is 1. The molecule has 0 atom stereocenters. The monoisotopic (exact) mass is 412 g/mol. The lowest BCUT2D eigenvalue weighted by atomic mass is 10.1. The minimum atomic E-state index is -0.694. The van der Waals surface area contributed by atoms with Crippen molar-refractivity contribution in [1.82, 2.24) is 10.3 Å². The summed E-state index contributed by atoms with van der Waals surface area (Å²) in [6, 6.07) is 9.99. The third-order valence-corrected chi connectivity index (χ3v) is 4.25. The van der Waals surface area contributed by atoms with Crippen LogP contribution in [-0.4, -0.2) is 49.8 Å². The van der Waals surface area contributed by atoms with Crippen molar-refractivity contribution in [1.29, 1.82) is 0 Å². The number of aromatic hydroxyl groups is 1. The van der Waals surface area contributed by atoms with E-state index in [4.69, 9.17) is 14.2 Å². The number of azo groups is 1. The second-order valence-electron chi connectivity index (χ2n) is 6.06. The molecule has 3 aromatic rings. The van der Waals surface area contributed by atoms with Gasteiger partial charge in [-0.15, -0.1) is 10.2 Å². The van der Waals surface area contributed by atoms with Crippen molar-refractivity contribution in [3.8, 4) is 23.1 Å². The van der Waals surface area contributed by atoms with E-state index in [0.717, 1.165) is 0 Å². The average molecular weight is 412 g/mol. The molecule has 0 spiro atoms. The van der Waals surface area contributed by atoms with Crippen LogP contribution in [-0.2, 0) is 4.79 Å². The van der Waals surface area contributed by atoms with Crippen molar-refractivity contribution in [3.05, 3.63) is 42.0 Å². The van der Waals surface area contributed by atoms with Crippen molar-refractivity contribution in [2.75, 3.05) is 27.9 Å². The fraction of sp³-hybridized carbons (Fsp3) is 0.200. The molecule has 0 saturated carbocycles. The largest absolute Gasteiger partial charge is 0.493 e. The van der Waals surface area contributed by atoms with Crippen LogP contribution in [0, 0.1) is 0 Å². The summed E-state index contributed by atoms with van der Waals surface area (Å²) in [4.78, 5) is 27.2. The van der Waals surface area contributed by atoms with Gasteiger partial charge in [-0.3, -0.25) is 9.59 Å². The van der Waals surface area contributed by atoms with E-state index in [-0.39, 0.29) is 23.7 Å². The number of benzene rings is 2. The number of hydrogen-bond acceptors (Lipinski definition) is 7. The minimum Gasteiger partial charge on any atom is -0.493 e. The molecule has 3 N–H and O–H groups in total. The summed E-state index contributed by atoms with van der Waals surface area (Å²) >= 11 is 0. The second kappa shape index (κ2) is 8.95. The Morgan fingerprint density at radius 1 is 1.07 bits per heavy atom. The number of rotatable bonds is 7. The first kappa shape index (κ1) is 20.6. The Hall–Kier alpha value is -4.08. The minimum absolute atomic E-state index is 0.148. The molecule has 0 aliphatic rings. The molecular weight excluding hydrogens is 392 g/mol. The number of aromatic amines is 1. The summed E-state index contributed by atoms with van der Waals surface area (Å²) in [7, 11) is 4.32. The van der Waals surface area contributed by atoms with E-state index in [1.54, 1.807) is 24.3 Å². The highest BCUT2D eigenvalue weighted by Gasteiger charge is 2.17. The zero-order valence-corrected chi connectivity index (χ0v) is 16.6. The summed E-state index contributed by atoms with van der Waals surface area (Å²) in [5.41, 5.74) is 1.02. The molecule has 10 nitrogen and oxygen atoms in total. The number of ether oxygens (including phenoxy) is 3. The van der Waals surface area contributed by atoms with Gasteiger partial charge in [-0.25, -0.2) is 0 Å². The molecule has 0 bridgehead atoms. The molecule has 2 amide bonds. The SMILES string of the molecule is COc1cc(C(=O)NCC(=O)N=Nc2c(O)[nH]c3ccccc23)cc(OC)c1OC. The van der Waals surface area contributed by atoms with Crippen LogP contribution in [0.15, 0.2) is 46.6 Å². The predicted molar refractivity (Wildman–Crippen MR) is 108 cm³/mol.